The van der Waals surface area contributed by atoms with E-state index in [1.165, 1.54) is 18.3 Å². The van der Waals surface area contributed by atoms with Crippen molar-refractivity contribution in [3.8, 4) is 0 Å². The Hall–Kier alpha value is -1.64. The maximum absolute atomic E-state index is 12.9. The van der Waals surface area contributed by atoms with Gasteiger partial charge in [-0.2, -0.15) is 0 Å². The summed E-state index contributed by atoms with van der Waals surface area (Å²) in [5, 5.41) is 10.2. The Kier molecular flexibility index (Phi) is 4.13. The van der Waals surface area contributed by atoms with Crippen LogP contribution >= 0.6 is 22.6 Å². The molecule has 1 amide bonds. The fraction of sp³-hybridized carbons (Fsp3) is 0.0909. The quantitative estimate of drug-likeness (QED) is 0.850. The smallest absolute Gasteiger partial charge is 0.231 e. The van der Waals surface area contributed by atoms with Crippen molar-refractivity contribution in [1.29, 1.82) is 0 Å². The fourth-order valence-corrected chi connectivity index (χ4v) is 1.57. The van der Waals surface area contributed by atoms with E-state index < -0.39 is 5.82 Å². The van der Waals surface area contributed by atoms with Crippen LogP contribution in [0, 0.1) is 9.52 Å². The second-order valence-electron chi connectivity index (χ2n) is 3.43. The monoisotopic (exact) mass is 358 g/mol. The van der Waals surface area contributed by atoms with Crippen molar-refractivity contribution in [3.63, 3.8) is 0 Å². The molecule has 0 aromatic carbocycles. The first-order chi connectivity index (χ1) is 8.63. The van der Waals surface area contributed by atoms with Crippen LogP contribution in [0.4, 0.5) is 10.2 Å². The molecular weight excluding hydrogens is 350 g/mol. The lowest BCUT2D eigenvalue weighted by Gasteiger charge is -2.03. The van der Waals surface area contributed by atoms with E-state index in [-0.39, 0.29) is 12.3 Å². The molecule has 2 rings (SSSR count). The van der Waals surface area contributed by atoms with Crippen LogP contribution in [0.5, 0.6) is 0 Å². The van der Waals surface area contributed by atoms with Crippen LogP contribution in [0.2, 0.25) is 0 Å². The number of carbonyl (C=O) groups excluding carboxylic acids is 1. The summed E-state index contributed by atoms with van der Waals surface area (Å²) in [7, 11) is 0. The molecule has 2 aromatic heterocycles. The lowest BCUT2D eigenvalue weighted by Crippen LogP contribution is -2.16. The molecule has 5 nitrogen and oxygen atoms in total. The van der Waals surface area contributed by atoms with Crippen LogP contribution in [0.3, 0.4) is 0 Å². The zero-order valence-corrected chi connectivity index (χ0v) is 11.3. The zero-order chi connectivity index (χ0) is 13.0. The van der Waals surface area contributed by atoms with Crippen LogP contribution in [0.15, 0.2) is 30.5 Å². The Bertz CT molecular complexity index is 561. The van der Waals surface area contributed by atoms with E-state index in [0.717, 1.165) is 3.70 Å². The van der Waals surface area contributed by atoms with Gasteiger partial charge in [-0.05, 0) is 46.9 Å². The Morgan fingerprint density at radius 3 is 2.83 bits per heavy atom. The minimum Gasteiger partial charge on any atom is -0.309 e. The molecule has 0 saturated carbocycles. The van der Waals surface area contributed by atoms with E-state index in [1.807, 2.05) is 22.6 Å². The summed E-state index contributed by atoms with van der Waals surface area (Å²) in [5.74, 6) is -0.373. The maximum Gasteiger partial charge on any atom is 0.231 e. The number of nitrogens with zero attached hydrogens (tertiary/aromatic N) is 3. The normalized spacial score (nSPS) is 10.1. The first-order valence-electron chi connectivity index (χ1n) is 5.03. The molecular formula is C11H8FIN4O. The van der Waals surface area contributed by atoms with Crippen molar-refractivity contribution in [3.05, 3.63) is 45.7 Å². The SMILES string of the molecule is O=C(Cc1cc(F)ccn1)Nc1ccc(I)nn1. The summed E-state index contributed by atoms with van der Waals surface area (Å²) in [6.45, 7) is 0. The number of carbonyl (C=O) groups is 1. The third kappa shape index (κ3) is 3.69. The van der Waals surface area contributed by atoms with Gasteiger partial charge in [0.2, 0.25) is 5.91 Å². The van der Waals surface area contributed by atoms with Crippen molar-refractivity contribution < 1.29 is 9.18 Å². The summed E-state index contributed by atoms with van der Waals surface area (Å²) >= 11 is 2.01. The Balaban J connectivity index is 1.98. The van der Waals surface area contributed by atoms with Gasteiger partial charge < -0.3 is 5.32 Å². The fourth-order valence-electron chi connectivity index (χ4n) is 1.28. The third-order valence-electron chi connectivity index (χ3n) is 2.02. The number of halogens is 2. The summed E-state index contributed by atoms with van der Waals surface area (Å²) < 4.78 is 13.6. The van der Waals surface area contributed by atoms with Crippen LogP contribution in [-0.4, -0.2) is 21.1 Å². The highest BCUT2D eigenvalue weighted by Crippen LogP contribution is 2.05. The minimum atomic E-state index is -0.415. The van der Waals surface area contributed by atoms with Gasteiger partial charge in [0.25, 0.3) is 0 Å². The number of rotatable bonds is 3. The van der Waals surface area contributed by atoms with Crippen molar-refractivity contribution in [2.45, 2.75) is 6.42 Å². The molecule has 0 unspecified atom stereocenters. The highest BCUT2D eigenvalue weighted by molar-refractivity contribution is 14.1. The van der Waals surface area contributed by atoms with E-state index in [4.69, 9.17) is 0 Å². The Morgan fingerprint density at radius 1 is 1.33 bits per heavy atom. The lowest BCUT2D eigenvalue weighted by atomic mass is 10.2. The predicted octanol–water partition coefficient (Wildman–Crippen LogP) is 1.80. The number of aromatic nitrogens is 3. The summed E-state index contributed by atoms with van der Waals surface area (Å²) in [4.78, 5) is 15.5. The van der Waals surface area contributed by atoms with Crippen molar-refractivity contribution in [1.82, 2.24) is 15.2 Å². The average Bonchev–Trinajstić information content (AvgIpc) is 2.32. The molecule has 0 atom stereocenters. The van der Waals surface area contributed by atoms with Crippen LogP contribution in [0.1, 0.15) is 5.69 Å². The third-order valence-corrected chi connectivity index (χ3v) is 2.60. The van der Waals surface area contributed by atoms with E-state index in [0.29, 0.717) is 11.5 Å². The number of amides is 1. The summed E-state index contributed by atoms with van der Waals surface area (Å²) in [6.07, 6.45) is 1.31. The molecule has 18 heavy (non-hydrogen) atoms. The van der Waals surface area contributed by atoms with Gasteiger partial charge in [0.05, 0.1) is 12.1 Å². The molecule has 92 valence electrons. The van der Waals surface area contributed by atoms with Crippen molar-refractivity contribution in [2.24, 2.45) is 0 Å². The van der Waals surface area contributed by atoms with Gasteiger partial charge in [-0.25, -0.2) is 4.39 Å². The Labute approximate surface area is 116 Å². The maximum atomic E-state index is 12.9. The number of hydrogen-bond donors (Lipinski definition) is 1. The summed E-state index contributed by atoms with van der Waals surface area (Å²) in [5.41, 5.74) is 0.367. The molecule has 7 heteroatoms. The van der Waals surface area contributed by atoms with Gasteiger partial charge in [-0.1, -0.05) is 0 Å². The molecule has 0 aliphatic heterocycles. The molecule has 0 fully saturated rings. The topological polar surface area (TPSA) is 67.8 Å². The van der Waals surface area contributed by atoms with Crippen molar-refractivity contribution in [2.75, 3.05) is 5.32 Å². The van der Waals surface area contributed by atoms with Gasteiger partial charge >= 0.3 is 0 Å². The molecule has 0 aliphatic carbocycles. The van der Waals surface area contributed by atoms with Gasteiger partial charge in [-0.3, -0.25) is 9.78 Å². The Morgan fingerprint density at radius 2 is 2.17 bits per heavy atom. The van der Waals surface area contributed by atoms with E-state index >= 15 is 0 Å². The van der Waals surface area contributed by atoms with Crippen LogP contribution in [0.25, 0.3) is 0 Å². The molecule has 2 heterocycles. The highest BCUT2D eigenvalue weighted by Gasteiger charge is 2.07. The number of hydrogen-bond acceptors (Lipinski definition) is 4. The van der Waals surface area contributed by atoms with Gasteiger partial charge in [0.15, 0.2) is 5.82 Å². The first kappa shape index (κ1) is 12.8. The van der Waals surface area contributed by atoms with E-state index in [2.05, 4.69) is 20.5 Å². The highest BCUT2D eigenvalue weighted by atomic mass is 127. The summed E-state index contributed by atoms with van der Waals surface area (Å²) in [6, 6.07) is 5.82. The molecule has 0 bridgehead atoms. The van der Waals surface area contributed by atoms with Crippen LogP contribution in [-0.2, 0) is 11.2 Å². The molecule has 1 N–H and O–H groups in total. The molecule has 0 saturated heterocycles. The second-order valence-corrected chi connectivity index (χ2v) is 4.54. The van der Waals surface area contributed by atoms with Crippen LogP contribution < -0.4 is 5.32 Å². The first-order valence-corrected chi connectivity index (χ1v) is 6.11. The van der Waals surface area contributed by atoms with E-state index in [1.54, 1.807) is 12.1 Å². The van der Waals surface area contributed by atoms with Crippen molar-refractivity contribution >= 4 is 34.3 Å². The van der Waals surface area contributed by atoms with Gasteiger partial charge in [-0.15, -0.1) is 10.2 Å². The predicted molar refractivity (Wildman–Crippen MR) is 71.3 cm³/mol. The number of anilines is 1. The average molecular weight is 358 g/mol. The largest absolute Gasteiger partial charge is 0.309 e. The number of nitrogens with one attached hydrogen (secondary N) is 1. The minimum absolute atomic E-state index is 0.00851. The number of pyridine rings is 1. The molecule has 0 spiro atoms. The van der Waals surface area contributed by atoms with Gasteiger partial charge in [0, 0.05) is 6.20 Å². The standard InChI is InChI=1S/C11H8FIN4O/c12-7-3-4-14-8(5-7)6-11(18)15-10-2-1-9(13)16-17-10/h1-5H,6H2,(H,15,17,18). The lowest BCUT2D eigenvalue weighted by molar-refractivity contribution is -0.115. The zero-order valence-electron chi connectivity index (χ0n) is 9.10. The molecule has 2 aromatic rings. The van der Waals surface area contributed by atoms with Gasteiger partial charge in [0.1, 0.15) is 9.52 Å². The second kappa shape index (κ2) is 5.80. The molecule has 0 radical (unpaired) electrons. The van der Waals surface area contributed by atoms with E-state index in [9.17, 15) is 9.18 Å². The molecule has 0 aliphatic rings.